The molecule has 21 heavy (non-hydrogen) atoms. The van der Waals surface area contributed by atoms with E-state index in [1.807, 2.05) is 5.32 Å². The van der Waals surface area contributed by atoms with Crippen LogP contribution in [0.1, 0.15) is 11.1 Å². The van der Waals surface area contributed by atoms with Crippen LogP contribution in [0.2, 0.25) is 0 Å². The van der Waals surface area contributed by atoms with Crippen molar-refractivity contribution < 1.29 is 31.1 Å². The Labute approximate surface area is 116 Å². The average Bonchev–Trinajstić information content (AvgIpc) is 2.34. The molecular weight excluding hydrogens is 302 g/mol. The zero-order chi connectivity index (χ0) is 16.1. The summed E-state index contributed by atoms with van der Waals surface area (Å²) in [5.41, 5.74) is -0.654. The summed E-state index contributed by atoms with van der Waals surface area (Å²) in [5, 5.41) is 4.11. The van der Waals surface area contributed by atoms with Crippen LogP contribution < -0.4 is 10.6 Å². The molecule has 0 aromatic heterocycles. The fraction of sp³-hybridized carbons (Fsp3) is 0.417. The molecule has 0 heterocycles. The maximum atomic E-state index is 12.4. The highest BCUT2D eigenvalue weighted by molar-refractivity contribution is 5.77. The first-order valence-electron chi connectivity index (χ1n) is 5.78. The highest BCUT2D eigenvalue weighted by Crippen LogP contribution is 2.29. The molecule has 3 nitrogen and oxygen atoms in total. The van der Waals surface area contributed by atoms with E-state index in [2.05, 4.69) is 5.32 Å². The third kappa shape index (κ3) is 6.98. The normalized spacial score (nSPS) is 12.3. The summed E-state index contributed by atoms with van der Waals surface area (Å²) in [6, 6.07) is 4.31. The summed E-state index contributed by atoms with van der Waals surface area (Å²) >= 11 is 0. The highest BCUT2D eigenvalue weighted by Gasteiger charge is 2.30. The smallest absolute Gasteiger partial charge is 0.351 e. The Balaban J connectivity index is 2.43. The SMILES string of the molecule is O=C(CNCC(F)(F)F)NCc1cccc(C(F)(F)F)c1. The van der Waals surface area contributed by atoms with Gasteiger partial charge in [0, 0.05) is 6.54 Å². The summed E-state index contributed by atoms with van der Waals surface area (Å²) in [6.45, 7) is -2.08. The van der Waals surface area contributed by atoms with Gasteiger partial charge in [-0.25, -0.2) is 0 Å². The molecule has 0 unspecified atom stereocenters. The monoisotopic (exact) mass is 314 g/mol. The van der Waals surface area contributed by atoms with Crippen molar-refractivity contribution in [1.82, 2.24) is 10.6 Å². The quantitative estimate of drug-likeness (QED) is 0.820. The molecular formula is C12H12F6N2O. The van der Waals surface area contributed by atoms with Gasteiger partial charge in [-0.05, 0) is 17.7 Å². The van der Waals surface area contributed by atoms with Crippen LogP contribution in [0, 0.1) is 0 Å². The molecule has 1 amide bonds. The zero-order valence-electron chi connectivity index (χ0n) is 10.6. The summed E-state index contributed by atoms with van der Waals surface area (Å²) in [5.74, 6) is -0.739. The number of halogens is 6. The van der Waals surface area contributed by atoms with Crippen molar-refractivity contribution in [3.63, 3.8) is 0 Å². The lowest BCUT2D eigenvalue weighted by atomic mass is 10.1. The molecule has 1 aromatic carbocycles. The predicted molar refractivity (Wildman–Crippen MR) is 62.2 cm³/mol. The summed E-state index contributed by atoms with van der Waals surface area (Å²) < 4.78 is 72.8. The first kappa shape index (κ1) is 17.3. The van der Waals surface area contributed by atoms with Crippen molar-refractivity contribution in [2.75, 3.05) is 13.1 Å². The van der Waals surface area contributed by atoms with Gasteiger partial charge in [-0.15, -0.1) is 0 Å². The molecule has 0 aliphatic rings. The molecule has 0 fully saturated rings. The average molecular weight is 314 g/mol. The third-order valence-electron chi connectivity index (χ3n) is 2.35. The second-order valence-electron chi connectivity index (χ2n) is 4.19. The Kier molecular flexibility index (Phi) is 5.59. The minimum absolute atomic E-state index is 0.198. The lowest BCUT2D eigenvalue weighted by molar-refractivity contribution is -0.137. The summed E-state index contributed by atoms with van der Waals surface area (Å²) in [4.78, 5) is 11.2. The summed E-state index contributed by atoms with van der Waals surface area (Å²) in [7, 11) is 0. The number of hydrogen-bond acceptors (Lipinski definition) is 2. The third-order valence-corrected chi connectivity index (χ3v) is 2.35. The van der Waals surface area contributed by atoms with Gasteiger partial charge in [0.05, 0.1) is 18.7 Å². The van der Waals surface area contributed by atoms with E-state index in [1.54, 1.807) is 0 Å². The molecule has 1 aromatic rings. The number of hydrogen-bond donors (Lipinski definition) is 2. The first-order valence-corrected chi connectivity index (χ1v) is 5.78. The van der Waals surface area contributed by atoms with Crippen LogP contribution in [-0.2, 0) is 17.5 Å². The zero-order valence-corrected chi connectivity index (χ0v) is 10.6. The lowest BCUT2D eigenvalue weighted by Crippen LogP contribution is -2.38. The molecule has 0 bridgehead atoms. The fourth-order valence-electron chi connectivity index (χ4n) is 1.44. The van der Waals surface area contributed by atoms with Gasteiger partial charge >= 0.3 is 12.4 Å². The number of carbonyl (C=O) groups excluding carboxylic acids is 1. The van der Waals surface area contributed by atoms with Gasteiger partial charge in [0.25, 0.3) is 0 Å². The van der Waals surface area contributed by atoms with Gasteiger partial charge in [-0.3, -0.25) is 4.79 Å². The maximum absolute atomic E-state index is 12.4. The minimum atomic E-state index is -4.49. The standard InChI is InChI=1S/C12H12F6N2O/c13-11(14,15)7-19-6-10(21)20-5-8-2-1-3-9(4-8)12(16,17)18/h1-4,19H,5-7H2,(H,20,21). The number of rotatable bonds is 5. The van der Waals surface area contributed by atoms with Crippen LogP contribution >= 0.6 is 0 Å². The molecule has 1 rings (SSSR count). The van der Waals surface area contributed by atoms with Crippen LogP contribution in [0.4, 0.5) is 26.3 Å². The van der Waals surface area contributed by atoms with E-state index in [1.165, 1.54) is 12.1 Å². The molecule has 2 N–H and O–H groups in total. The molecule has 0 radical (unpaired) electrons. The van der Waals surface area contributed by atoms with E-state index in [0.29, 0.717) is 0 Å². The molecule has 0 aliphatic heterocycles. The summed E-state index contributed by atoms with van der Waals surface area (Å²) in [6.07, 6.45) is -8.92. The molecule has 9 heteroatoms. The Hall–Kier alpha value is -1.77. The number of amides is 1. The molecule has 0 saturated carbocycles. The molecule has 0 spiro atoms. The second-order valence-corrected chi connectivity index (χ2v) is 4.19. The fourth-order valence-corrected chi connectivity index (χ4v) is 1.44. The van der Waals surface area contributed by atoms with Crippen molar-refractivity contribution in [3.8, 4) is 0 Å². The Morgan fingerprint density at radius 3 is 2.33 bits per heavy atom. The Bertz CT molecular complexity index is 483. The van der Waals surface area contributed by atoms with E-state index in [9.17, 15) is 31.1 Å². The van der Waals surface area contributed by atoms with Gasteiger partial charge in [0.1, 0.15) is 0 Å². The van der Waals surface area contributed by atoms with Gasteiger partial charge < -0.3 is 10.6 Å². The van der Waals surface area contributed by atoms with E-state index in [4.69, 9.17) is 0 Å². The van der Waals surface area contributed by atoms with Crippen LogP contribution in [0.25, 0.3) is 0 Å². The van der Waals surface area contributed by atoms with Gasteiger partial charge in [0.2, 0.25) is 5.91 Å². The van der Waals surface area contributed by atoms with Crippen LogP contribution in [0.5, 0.6) is 0 Å². The number of alkyl halides is 6. The van der Waals surface area contributed by atoms with E-state index in [0.717, 1.165) is 12.1 Å². The van der Waals surface area contributed by atoms with E-state index in [-0.39, 0.29) is 12.1 Å². The first-order chi connectivity index (χ1) is 9.58. The van der Waals surface area contributed by atoms with Crippen molar-refractivity contribution in [2.45, 2.75) is 18.9 Å². The minimum Gasteiger partial charge on any atom is -0.351 e. The highest BCUT2D eigenvalue weighted by atomic mass is 19.4. The van der Waals surface area contributed by atoms with Crippen LogP contribution in [-0.4, -0.2) is 25.2 Å². The van der Waals surface area contributed by atoms with Crippen LogP contribution in [0.15, 0.2) is 24.3 Å². The number of carbonyl (C=O) groups is 1. The van der Waals surface area contributed by atoms with Gasteiger partial charge in [0.15, 0.2) is 0 Å². The molecule has 118 valence electrons. The van der Waals surface area contributed by atoms with Crippen LogP contribution in [0.3, 0.4) is 0 Å². The number of benzene rings is 1. The number of nitrogens with one attached hydrogen (secondary N) is 2. The Morgan fingerprint density at radius 2 is 1.76 bits per heavy atom. The lowest BCUT2D eigenvalue weighted by Gasteiger charge is -2.10. The Morgan fingerprint density at radius 1 is 1.10 bits per heavy atom. The molecule has 0 atom stereocenters. The largest absolute Gasteiger partial charge is 0.416 e. The van der Waals surface area contributed by atoms with Crippen molar-refractivity contribution >= 4 is 5.91 Å². The molecule has 0 aliphatic carbocycles. The molecule has 0 saturated heterocycles. The second kappa shape index (κ2) is 6.79. The maximum Gasteiger partial charge on any atom is 0.416 e. The van der Waals surface area contributed by atoms with Gasteiger partial charge in [-0.2, -0.15) is 26.3 Å². The van der Waals surface area contributed by atoms with Crippen molar-refractivity contribution in [1.29, 1.82) is 0 Å². The van der Waals surface area contributed by atoms with Crippen molar-refractivity contribution in [3.05, 3.63) is 35.4 Å². The topological polar surface area (TPSA) is 41.1 Å². The predicted octanol–water partition coefficient (Wildman–Crippen LogP) is 2.47. The van der Waals surface area contributed by atoms with Crippen molar-refractivity contribution in [2.24, 2.45) is 0 Å². The van der Waals surface area contributed by atoms with E-state index >= 15 is 0 Å². The van der Waals surface area contributed by atoms with Gasteiger partial charge in [-0.1, -0.05) is 12.1 Å². The van der Waals surface area contributed by atoms with E-state index < -0.39 is 36.9 Å².